The van der Waals surface area contributed by atoms with Crippen molar-refractivity contribution in [3.05, 3.63) is 77.1 Å². The monoisotopic (exact) mass is 443 g/mol. The molecule has 0 atom stereocenters. The summed E-state index contributed by atoms with van der Waals surface area (Å²) in [6.07, 6.45) is 1.18. The first-order valence-corrected chi connectivity index (χ1v) is 10.2. The molecule has 4 N–H and O–H groups in total. The van der Waals surface area contributed by atoms with Gasteiger partial charge in [-0.1, -0.05) is 0 Å². The van der Waals surface area contributed by atoms with Gasteiger partial charge in [-0.25, -0.2) is 9.18 Å². The summed E-state index contributed by atoms with van der Waals surface area (Å²) >= 11 is 0. The molecule has 33 heavy (non-hydrogen) atoms. The summed E-state index contributed by atoms with van der Waals surface area (Å²) in [5.41, 5.74) is 9.57. The van der Waals surface area contributed by atoms with Crippen LogP contribution in [0.1, 0.15) is 35.3 Å². The summed E-state index contributed by atoms with van der Waals surface area (Å²) in [4.78, 5) is 15.5. The second kappa shape index (κ2) is 7.95. The normalized spacial score (nSPS) is 14.4. The minimum atomic E-state index is -1.17. The van der Waals surface area contributed by atoms with Crippen molar-refractivity contribution >= 4 is 40.6 Å². The van der Waals surface area contributed by atoms with E-state index in [0.29, 0.717) is 23.5 Å². The number of anilines is 5. The van der Waals surface area contributed by atoms with Crippen LogP contribution in [0.4, 0.5) is 32.8 Å². The molecule has 0 saturated heterocycles. The molecule has 0 unspecified atom stereocenters. The van der Waals surface area contributed by atoms with Gasteiger partial charge >= 0.3 is 5.97 Å². The molecule has 0 spiro atoms. The molecule has 0 radical (unpaired) electrons. The Balaban J connectivity index is 1.95. The Kier molecular flexibility index (Phi) is 5.26. The van der Waals surface area contributed by atoms with Gasteiger partial charge in [0.25, 0.3) is 0 Å². The third-order valence-electron chi connectivity index (χ3n) is 5.77. The number of nitrogens with one attached hydrogen (secondary N) is 1. The minimum absolute atomic E-state index is 0.0596. The quantitative estimate of drug-likeness (QED) is 0.384. The third-order valence-corrected chi connectivity index (χ3v) is 5.77. The van der Waals surface area contributed by atoms with Crippen molar-refractivity contribution in [1.82, 2.24) is 0 Å². The zero-order chi connectivity index (χ0) is 23.9. The second-order valence-corrected chi connectivity index (χ2v) is 8.47. The lowest BCUT2D eigenvalue weighted by Gasteiger charge is -2.50. The van der Waals surface area contributed by atoms with Gasteiger partial charge in [-0.2, -0.15) is 5.26 Å². The molecule has 166 valence electrons. The largest absolute Gasteiger partial charge is 0.478 e. The van der Waals surface area contributed by atoms with Crippen LogP contribution in [-0.4, -0.2) is 29.4 Å². The Labute approximate surface area is 190 Å². The van der Waals surface area contributed by atoms with E-state index < -0.39 is 11.5 Å². The number of carboxylic acid groups (broad SMARTS) is 1. The van der Waals surface area contributed by atoms with E-state index in [1.54, 1.807) is 30.3 Å². The molecule has 0 bridgehead atoms. The van der Waals surface area contributed by atoms with Crippen molar-refractivity contribution in [1.29, 1.82) is 10.7 Å². The molecule has 0 fully saturated rings. The molecule has 7 nitrogen and oxygen atoms in total. The highest BCUT2D eigenvalue weighted by atomic mass is 19.1. The third kappa shape index (κ3) is 3.74. The molecule has 0 saturated carbocycles. The van der Waals surface area contributed by atoms with E-state index in [-0.39, 0.29) is 16.9 Å². The van der Waals surface area contributed by atoms with Crippen molar-refractivity contribution in [3.63, 3.8) is 0 Å². The first-order valence-electron chi connectivity index (χ1n) is 10.2. The number of benzene rings is 3. The fraction of sp³-hybridized carbons (Fsp3) is 0.160. The van der Waals surface area contributed by atoms with Crippen LogP contribution in [-0.2, 0) is 0 Å². The average Bonchev–Trinajstić information content (AvgIpc) is 2.78. The summed E-state index contributed by atoms with van der Waals surface area (Å²) < 4.78 is 13.6. The SMILES string of the molecule is CC1(C)CN(c2ccc(C(=O)O)c(C#N)c2)c2cc(N)c(C=N)cc2N1c1ccc(F)cc1. The van der Waals surface area contributed by atoms with Crippen LogP contribution in [0, 0.1) is 22.6 Å². The standard InChI is InChI=1S/C25H22FN5O2/c1-25(2)14-30(19-7-8-20(24(32)33)15(9-19)12-27)22-11-21(29)16(13-28)10-23(22)31(25)18-5-3-17(26)4-6-18/h3-11,13,28H,14,29H2,1-2H3,(H,32,33). The number of nitriles is 1. The number of nitrogens with two attached hydrogens (primary N) is 1. The van der Waals surface area contributed by atoms with Gasteiger partial charge in [0.05, 0.1) is 28.0 Å². The van der Waals surface area contributed by atoms with Crippen molar-refractivity contribution in [2.24, 2.45) is 0 Å². The van der Waals surface area contributed by atoms with Crippen LogP contribution in [0.5, 0.6) is 0 Å². The van der Waals surface area contributed by atoms with Gasteiger partial charge in [-0.05, 0) is 68.4 Å². The highest BCUT2D eigenvalue weighted by Crippen LogP contribution is 2.48. The maximum absolute atomic E-state index is 13.6. The van der Waals surface area contributed by atoms with Gasteiger partial charge in [0, 0.05) is 35.4 Å². The molecule has 0 aromatic heterocycles. The van der Waals surface area contributed by atoms with Crippen molar-refractivity contribution < 1.29 is 14.3 Å². The minimum Gasteiger partial charge on any atom is -0.478 e. The second-order valence-electron chi connectivity index (χ2n) is 8.47. The van der Waals surface area contributed by atoms with Crippen LogP contribution in [0.15, 0.2) is 54.6 Å². The number of hydrogen-bond donors (Lipinski definition) is 3. The maximum atomic E-state index is 13.6. The lowest BCUT2D eigenvalue weighted by molar-refractivity contribution is 0.0696. The zero-order valence-electron chi connectivity index (χ0n) is 18.1. The van der Waals surface area contributed by atoms with Gasteiger partial charge in [0.1, 0.15) is 11.9 Å². The van der Waals surface area contributed by atoms with Crippen LogP contribution in [0.3, 0.4) is 0 Å². The first kappa shape index (κ1) is 21.8. The molecule has 3 aromatic rings. The van der Waals surface area contributed by atoms with E-state index in [0.717, 1.165) is 17.1 Å². The van der Waals surface area contributed by atoms with Crippen molar-refractivity contribution in [2.45, 2.75) is 19.4 Å². The molecule has 1 aliphatic rings. The van der Waals surface area contributed by atoms with E-state index in [2.05, 4.69) is 4.90 Å². The van der Waals surface area contributed by atoms with Crippen molar-refractivity contribution in [3.8, 4) is 6.07 Å². The number of carboxylic acids is 1. The molecule has 1 heterocycles. The topological polar surface area (TPSA) is 117 Å². The number of aromatic carboxylic acids is 1. The average molecular weight is 443 g/mol. The number of carbonyl (C=O) groups is 1. The number of hydrogen-bond acceptors (Lipinski definition) is 6. The summed E-state index contributed by atoms with van der Waals surface area (Å²) in [6, 6.07) is 16.4. The molecular formula is C25H22FN5O2. The van der Waals surface area contributed by atoms with Gasteiger partial charge < -0.3 is 26.0 Å². The Morgan fingerprint density at radius 3 is 2.42 bits per heavy atom. The van der Waals surface area contributed by atoms with Gasteiger partial charge in [-0.15, -0.1) is 0 Å². The van der Waals surface area contributed by atoms with E-state index in [9.17, 15) is 19.6 Å². The van der Waals surface area contributed by atoms with Crippen LogP contribution >= 0.6 is 0 Å². The predicted octanol–water partition coefficient (Wildman–Crippen LogP) is 5.04. The molecule has 0 aliphatic carbocycles. The van der Waals surface area contributed by atoms with Crippen molar-refractivity contribution in [2.75, 3.05) is 22.1 Å². The Morgan fingerprint density at radius 2 is 1.82 bits per heavy atom. The fourth-order valence-electron chi connectivity index (χ4n) is 4.29. The highest BCUT2D eigenvalue weighted by Gasteiger charge is 2.39. The summed E-state index contributed by atoms with van der Waals surface area (Å²) in [6.45, 7) is 4.53. The number of halogens is 1. The molecule has 4 rings (SSSR count). The van der Waals surface area contributed by atoms with E-state index in [1.807, 2.05) is 30.9 Å². The number of nitrogens with zero attached hydrogens (tertiary/aromatic N) is 3. The molecular weight excluding hydrogens is 421 g/mol. The Hall–Kier alpha value is -4.38. The zero-order valence-corrected chi connectivity index (χ0v) is 18.1. The van der Waals surface area contributed by atoms with Crippen LogP contribution in [0.2, 0.25) is 0 Å². The number of rotatable bonds is 4. The number of fused-ring (bicyclic) bond motifs is 1. The first-order chi connectivity index (χ1) is 15.7. The molecule has 0 amide bonds. The summed E-state index contributed by atoms with van der Waals surface area (Å²) in [7, 11) is 0. The van der Waals surface area contributed by atoms with Gasteiger partial charge in [0.15, 0.2) is 0 Å². The van der Waals surface area contributed by atoms with E-state index in [1.165, 1.54) is 24.4 Å². The molecule has 8 heteroatoms. The lowest BCUT2D eigenvalue weighted by Crippen LogP contribution is -2.52. The highest BCUT2D eigenvalue weighted by molar-refractivity contribution is 5.96. The Bertz CT molecular complexity index is 1310. The van der Waals surface area contributed by atoms with Crippen LogP contribution < -0.4 is 15.5 Å². The molecule has 3 aromatic carbocycles. The van der Waals surface area contributed by atoms with Crippen LogP contribution in [0.25, 0.3) is 0 Å². The smallest absolute Gasteiger partial charge is 0.337 e. The maximum Gasteiger partial charge on any atom is 0.337 e. The lowest BCUT2D eigenvalue weighted by atomic mass is 9.92. The number of nitrogen functional groups attached to an aromatic ring is 1. The Morgan fingerprint density at radius 1 is 1.15 bits per heavy atom. The summed E-state index contributed by atoms with van der Waals surface area (Å²) in [5.74, 6) is -1.50. The van der Waals surface area contributed by atoms with E-state index in [4.69, 9.17) is 11.1 Å². The van der Waals surface area contributed by atoms with Gasteiger partial charge in [0.2, 0.25) is 0 Å². The van der Waals surface area contributed by atoms with Gasteiger partial charge in [-0.3, -0.25) is 0 Å². The predicted molar refractivity (Wildman–Crippen MR) is 126 cm³/mol. The molecule has 1 aliphatic heterocycles. The summed E-state index contributed by atoms with van der Waals surface area (Å²) in [5, 5.41) is 26.6. The fourth-order valence-corrected chi connectivity index (χ4v) is 4.29. The van der Waals surface area contributed by atoms with E-state index >= 15 is 0 Å².